The topological polar surface area (TPSA) is 76.0 Å². The maximum atomic E-state index is 11.8. The van der Waals surface area contributed by atoms with Crippen LogP contribution in [0.15, 0.2) is 6.20 Å². The highest BCUT2D eigenvalue weighted by molar-refractivity contribution is 6.00. The van der Waals surface area contributed by atoms with Crippen LogP contribution < -0.4 is 10.6 Å². The summed E-state index contributed by atoms with van der Waals surface area (Å²) in [7, 11) is 1.95. The third-order valence-electron chi connectivity index (χ3n) is 4.02. The number of nitrogens with zero attached hydrogens (tertiary/aromatic N) is 2. The molecule has 1 fully saturated rings. The molecule has 0 spiro atoms. The monoisotopic (exact) mass is 262 g/mol. The summed E-state index contributed by atoms with van der Waals surface area (Å²) < 4.78 is 1.91. The second kappa shape index (κ2) is 4.77. The van der Waals surface area contributed by atoms with Crippen molar-refractivity contribution in [2.75, 3.05) is 0 Å². The maximum Gasteiger partial charge on any atom is 0.243 e. The van der Waals surface area contributed by atoms with Gasteiger partial charge in [0.25, 0.3) is 0 Å². The third kappa shape index (κ3) is 2.28. The van der Waals surface area contributed by atoms with Gasteiger partial charge in [-0.05, 0) is 25.7 Å². The number of rotatable bonds is 2. The number of hydrogen-bond donors (Lipinski definition) is 2. The van der Waals surface area contributed by atoms with Crippen LogP contribution in [0.1, 0.15) is 43.0 Å². The van der Waals surface area contributed by atoms with E-state index in [-0.39, 0.29) is 23.9 Å². The number of amides is 2. The van der Waals surface area contributed by atoms with Crippen molar-refractivity contribution >= 4 is 11.8 Å². The van der Waals surface area contributed by atoms with Gasteiger partial charge in [0.1, 0.15) is 0 Å². The van der Waals surface area contributed by atoms with Crippen molar-refractivity contribution in [3.8, 4) is 0 Å². The van der Waals surface area contributed by atoms with Crippen molar-refractivity contribution in [3.05, 3.63) is 17.5 Å². The Morgan fingerprint density at radius 1 is 1.32 bits per heavy atom. The fourth-order valence-corrected chi connectivity index (χ4v) is 2.97. The molecular formula is C13H18N4O2. The molecule has 2 unspecified atom stereocenters. The first-order valence-electron chi connectivity index (χ1n) is 6.75. The number of imide groups is 1. The van der Waals surface area contributed by atoms with E-state index in [1.165, 1.54) is 11.3 Å². The summed E-state index contributed by atoms with van der Waals surface area (Å²) in [5.74, 6) is -0.374. The van der Waals surface area contributed by atoms with Gasteiger partial charge in [0, 0.05) is 30.8 Å². The number of piperidine rings is 1. The van der Waals surface area contributed by atoms with Crippen molar-refractivity contribution in [2.24, 2.45) is 7.05 Å². The van der Waals surface area contributed by atoms with Crippen LogP contribution in [0.3, 0.4) is 0 Å². The number of carbonyl (C=O) groups excluding carboxylic acids is 2. The van der Waals surface area contributed by atoms with E-state index in [0.29, 0.717) is 12.8 Å². The van der Waals surface area contributed by atoms with Crippen molar-refractivity contribution in [1.29, 1.82) is 0 Å². The molecule has 3 rings (SSSR count). The van der Waals surface area contributed by atoms with Gasteiger partial charge in [-0.1, -0.05) is 0 Å². The average Bonchev–Trinajstić information content (AvgIpc) is 2.76. The summed E-state index contributed by atoms with van der Waals surface area (Å²) >= 11 is 0. The van der Waals surface area contributed by atoms with E-state index in [0.717, 1.165) is 19.3 Å². The second-order valence-corrected chi connectivity index (χ2v) is 5.29. The first-order chi connectivity index (χ1) is 9.15. The van der Waals surface area contributed by atoms with E-state index < -0.39 is 0 Å². The molecule has 1 aromatic heterocycles. The molecule has 2 heterocycles. The SMILES string of the molecule is Cn1ncc2c1CCCC2NC1CCC(=O)NC1=O. The summed E-state index contributed by atoms with van der Waals surface area (Å²) in [4.78, 5) is 22.9. The molecule has 19 heavy (non-hydrogen) atoms. The van der Waals surface area contributed by atoms with Gasteiger partial charge in [-0.25, -0.2) is 0 Å². The third-order valence-corrected chi connectivity index (χ3v) is 4.02. The smallest absolute Gasteiger partial charge is 0.243 e. The molecule has 1 aliphatic carbocycles. The standard InChI is InChI=1S/C13H18N4O2/c1-17-11-4-2-3-9(8(11)7-14-17)15-10-5-6-12(18)16-13(10)19/h7,9-10,15H,2-6H2,1H3,(H,16,18,19). The van der Waals surface area contributed by atoms with Crippen molar-refractivity contribution in [2.45, 2.75) is 44.2 Å². The minimum absolute atomic E-state index is 0.168. The summed E-state index contributed by atoms with van der Waals surface area (Å²) in [5.41, 5.74) is 2.44. The van der Waals surface area contributed by atoms with Crippen molar-refractivity contribution < 1.29 is 9.59 Å². The van der Waals surface area contributed by atoms with Crippen LogP contribution in [0.25, 0.3) is 0 Å². The van der Waals surface area contributed by atoms with E-state index in [4.69, 9.17) is 0 Å². The van der Waals surface area contributed by atoms with Gasteiger partial charge in [-0.15, -0.1) is 0 Å². The number of carbonyl (C=O) groups is 2. The van der Waals surface area contributed by atoms with E-state index in [1.807, 2.05) is 17.9 Å². The molecule has 1 saturated heterocycles. The Hall–Kier alpha value is -1.69. The molecule has 102 valence electrons. The highest BCUT2D eigenvalue weighted by Crippen LogP contribution is 2.30. The molecule has 2 amide bonds. The molecule has 0 radical (unpaired) electrons. The molecule has 2 N–H and O–H groups in total. The van der Waals surface area contributed by atoms with Gasteiger partial charge in [-0.3, -0.25) is 24.9 Å². The largest absolute Gasteiger partial charge is 0.299 e. The lowest BCUT2D eigenvalue weighted by atomic mass is 9.91. The van der Waals surface area contributed by atoms with Gasteiger partial charge in [0.15, 0.2) is 0 Å². The number of nitrogens with one attached hydrogen (secondary N) is 2. The lowest BCUT2D eigenvalue weighted by Crippen LogP contribution is -2.51. The molecule has 0 saturated carbocycles. The average molecular weight is 262 g/mol. The lowest BCUT2D eigenvalue weighted by molar-refractivity contribution is -0.134. The Labute approximate surface area is 111 Å². The molecule has 0 bridgehead atoms. The molecule has 2 atom stereocenters. The van der Waals surface area contributed by atoms with E-state index >= 15 is 0 Å². The molecule has 0 aromatic carbocycles. The first kappa shape index (κ1) is 12.3. The minimum atomic E-state index is -0.270. The van der Waals surface area contributed by atoms with Crippen LogP contribution in [0, 0.1) is 0 Å². The van der Waals surface area contributed by atoms with Crippen molar-refractivity contribution in [3.63, 3.8) is 0 Å². The lowest BCUT2D eigenvalue weighted by Gasteiger charge is -2.29. The van der Waals surface area contributed by atoms with Gasteiger partial charge >= 0.3 is 0 Å². The second-order valence-electron chi connectivity index (χ2n) is 5.29. The highest BCUT2D eigenvalue weighted by atomic mass is 16.2. The molecular weight excluding hydrogens is 244 g/mol. The Kier molecular flexibility index (Phi) is 3.10. The van der Waals surface area contributed by atoms with Crippen LogP contribution in [0.4, 0.5) is 0 Å². The predicted octanol–water partition coefficient (Wildman–Crippen LogP) is 0.192. The number of aryl methyl sites for hydroxylation is 1. The Bertz CT molecular complexity index is 523. The molecule has 6 nitrogen and oxygen atoms in total. The van der Waals surface area contributed by atoms with E-state index in [2.05, 4.69) is 15.7 Å². The first-order valence-corrected chi connectivity index (χ1v) is 6.75. The fraction of sp³-hybridized carbons (Fsp3) is 0.615. The van der Waals surface area contributed by atoms with Gasteiger partial charge in [0.2, 0.25) is 11.8 Å². The zero-order valence-electron chi connectivity index (χ0n) is 11.0. The molecule has 1 aromatic rings. The zero-order chi connectivity index (χ0) is 13.4. The van der Waals surface area contributed by atoms with Crippen LogP contribution in [-0.2, 0) is 23.1 Å². The van der Waals surface area contributed by atoms with Crippen LogP contribution in [-0.4, -0.2) is 27.6 Å². The van der Waals surface area contributed by atoms with Gasteiger partial charge < -0.3 is 0 Å². The summed E-state index contributed by atoms with van der Waals surface area (Å²) in [6, 6.07) is -0.102. The van der Waals surface area contributed by atoms with Gasteiger partial charge in [0.05, 0.1) is 12.2 Å². The van der Waals surface area contributed by atoms with E-state index in [1.54, 1.807) is 0 Å². The van der Waals surface area contributed by atoms with Crippen LogP contribution >= 0.6 is 0 Å². The van der Waals surface area contributed by atoms with E-state index in [9.17, 15) is 9.59 Å². The number of fused-ring (bicyclic) bond motifs is 1. The van der Waals surface area contributed by atoms with Crippen LogP contribution in [0.2, 0.25) is 0 Å². The predicted molar refractivity (Wildman–Crippen MR) is 68.2 cm³/mol. The minimum Gasteiger partial charge on any atom is -0.299 e. The Balaban J connectivity index is 1.74. The summed E-state index contributed by atoms with van der Waals surface area (Å²) in [6.45, 7) is 0. The Morgan fingerprint density at radius 2 is 2.16 bits per heavy atom. The normalized spacial score (nSPS) is 27.0. The number of hydrogen-bond acceptors (Lipinski definition) is 4. The maximum absolute atomic E-state index is 11.8. The molecule has 6 heteroatoms. The molecule has 1 aliphatic heterocycles. The fourth-order valence-electron chi connectivity index (χ4n) is 2.97. The summed E-state index contributed by atoms with van der Waals surface area (Å²) in [6.07, 6.45) is 6.03. The zero-order valence-corrected chi connectivity index (χ0v) is 11.0. The molecule has 2 aliphatic rings. The van der Waals surface area contributed by atoms with Gasteiger partial charge in [-0.2, -0.15) is 5.10 Å². The summed E-state index contributed by atoms with van der Waals surface area (Å²) in [5, 5.41) is 10.1. The Morgan fingerprint density at radius 3 is 2.95 bits per heavy atom. The highest BCUT2D eigenvalue weighted by Gasteiger charge is 2.31. The van der Waals surface area contributed by atoms with Crippen LogP contribution in [0.5, 0.6) is 0 Å². The quantitative estimate of drug-likeness (QED) is 0.746. The number of aromatic nitrogens is 2. The van der Waals surface area contributed by atoms with Crippen molar-refractivity contribution in [1.82, 2.24) is 20.4 Å².